The van der Waals surface area contributed by atoms with Crippen molar-refractivity contribution in [2.75, 3.05) is 11.4 Å². The maximum Gasteiger partial charge on any atom is 0.307 e. The van der Waals surface area contributed by atoms with Crippen LogP contribution in [0.1, 0.15) is 6.42 Å². The number of aromatic amines is 1. The molecule has 1 atom stereocenters. The van der Waals surface area contributed by atoms with Crippen LogP contribution in [0.3, 0.4) is 0 Å². The molecule has 1 saturated heterocycles. The number of amides is 1. The van der Waals surface area contributed by atoms with Gasteiger partial charge in [0.25, 0.3) is 0 Å². The number of pyridine rings is 1. The summed E-state index contributed by atoms with van der Waals surface area (Å²) in [7, 11) is -4.79. The van der Waals surface area contributed by atoms with Gasteiger partial charge in [-0.05, 0) is 15.9 Å². The number of halogens is 2. The van der Waals surface area contributed by atoms with Crippen molar-refractivity contribution in [1.82, 2.24) is 4.98 Å². The van der Waals surface area contributed by atoms with Crippen LogP contribution in [0.25, 0.3) is 0 Å². The van der Waals surface area contributed by atoms with Gasteiger partial charge in [-0.2, -0.15) is 8.42 Å². The van der Waals surface area contributed by atoms with Crippen LogP contribution >= 0.6 is 15.9 Å². The summed E-state index contributed by atoms with van der Waals surface area (Å²) in [6.45, 7) is -0.350. The normalized spacial score (nSPS) is 20.4. The molecule has 2 heterocycles. The summed E-state index contributed by atoms with van der Waals surface area (Å²) in [5.41, 5.74) is -0.459. The van der Waals surface area contributed by atoms with Gasteiger partial charge < -0.3 is 9.88 Å². The van der Waals surface area contributed by atoms with Crippen LogP contribution in [-0.4, -0.2) is 31.1 Å². The number of hydrogen-bond donors (Lipinski definition) is 1. The molecule has 0 aliphatic carbocycles. The molecule has 18 heavy (non-hydrogen) atoms. The third-order valence-corrected chi connectivity index (χ3v) is 4.36. The van der Waals surface area contributed by atoms with Gasteiger partial charge in [0.2, 0.25) is 11.3 Å². The minimum atomic E-state index is -4.79. The second kappa shape index (κ2) is 4.47. The van der Waals surface area contributed by atoms with Crippen molar-refractivity contribution >= 4 is 37.7 Å². The molecule has 0 aromatic carbocycles. The van der Waals surface area contributed by atoms with Crippen LogP contribution < -0.4 is 10.3 Å². The number of carbonyl (C=O) groups excluding carboxylic acids is 1. The third kappa shape index (κ3) is 2.32. The standard InChI is InChI=1S/C9H8BrFN2O4S/c10-6-2-12-3-7(9(6)15)13-4-5(1-8(13)14)18(11,16)17/h2-3,5H,1,4H2,(H,12,15). The fourth-order valence-electron chi connectivity index (χ4n) is 1.74. The van der Waals surface area contributed by atoms with Gasteiger partial charge in [-0.1, -0.05) is 0 Å². The van der Waals surface area contributed by atoms with E-state index in [2.05, 4.69) is 20.9 Å². The number of aromatic nitrogens is 1. The van der Waals surface area contributed by atoms with Crippen LogP contribution in [0.2, 0.25) is 0 Å². The van der Waals surface area contributed by atoms with Crippen molar-refractivity contribution in [2.24, 2.45) is 0 Å². The first-order valence-electron chi connectivity index (χ1n) is 4.91. The second-order valence-electron chi connectivity index (χ2n) is 3.82. The van der Waals surface area contributed by atoms with Crippen molar-refractivity contribution in [3.63, 3.8) is 0 Å². The van der Waals surface area contributed by atoms with E-state index < -0.39 is 33.2 Å². The average molecular weight is 339 g/mol. The molecule has 1 aliphatic rings. The quantitative estimate of drug-likeness (QED) is 0.797. The van der Waals surface area contributed by atoms with E-state index in [1.54, 1.807) is 0 Å². The predicted octanol–water partition coefficient (Wildman–Crippen LogP) is 0.542. The van der Waals surface area contributed by atoms with E-state index >= 15 is 0 Å². The lowest BCUT2D eigenvalue weighted by Crippen LogP contribution is -2.31. The summed E-state index contributed by atoms with van der Waals surface area (Å²) in [6, 6.07) is 0. The van der Waals surface area contributed by atoms with Crippen LogP contribution in [0.5, 0.6) is 0 Å². The number of rotatable bonds is 2. The molecule has 6 nitrogen and oxygen atoms in total. The first-order valence-corrected chi connectivity index (χ1v) is 7.15. The van der Waals surface area contributed by atoms with Gasteiger partial charge in [-0.3, -0.25) is 9.59 Å². The van der Waals surface area contributed by atoms with Crippen molar-refractivity contribution in [2.45, 2.75) is 11.7 Å². The highest BCUT2D eigenvalue weighted by molar-refractivity contribution is 9.10. The van der Waals surface area contributed by atoms with Gasteiger partial charge in [-0.25, -0.2) is 0 Å². The van der Waals surface area contributed by atoms with E-state index in [4.69, 9.17) is 0 Å². The summed E-state index contributed by atoms with van der Waals surface area (Å²) < 4.78 is 34.6. The Kier molecular flexibility index (Phi) is 3.28. The zero-order chi connectivity index (χ0) is 13.5. The van der Waals surface area contributed by atoms with Gasteiger partial charge in [0.1, 0.15) is 10.9 Å². The SMILES string of the molecule is O=C1CC(S(=O)(=O)F)CN1c1c[nH]cc(Br)c1=O. The molecule has 9 heteroatoms. The first-order chi connectivity index (χ1) is 8.30. The van der Waals surface area contributed by atoms with Gasteiger partial charge in [0.15, 0.2) is 0 Å². The summed E-state index contributed by atoms with van der Waals surface area (Å²) in [6.07, 6.45) is 2.21. The Hall–Kier alpha value is -1.22. The Morgan fingerprint density at radius 3 is 2.61 bits per heavy atom. The first kappa shape index (κ1) is 13.2. The average Bonchev–Trinajstić information content (AvgIpc) is 2.64. The van der Waals surface area contributed by atoms with Gasteiger partial charge in [-0.15, -0.1) is 3.89 Å². The van der Waals surface area contributed by atoms with Crippen LogP contribution in [0, 0.1) is 0 Å². The second-order valence-corrected chi connectivity index (χ2v) is 6.30. The van der Waals surface area contributed by atoms with E-state index in [0.717, 1.165) is 4.90 Å². The third-order valence-electron chi connectivity index (χ3n) is 2.66. The zero-order valence-electron chi connectivity index (χ0n) is 8.89. The van der Waals surface area contributed by atoms with Gasteiger partial charge >= 0.3 is 10.2 Å². The highest BCUT2D eigenvalue weighted by Gasteiger charge is 2.39. The Balaban J connectivity index is 2.39. The maximum atomic E-state index is 12.8. The molecule has 2 rings (SSSR count). The zero-order valence-corrected chi connectivity index (χ0v) is 11.3. The number of carbonyl (C=O) groups is 1. The molecule has 1 N–H and O–H groups in total. The Morgan fingerprint density at radius 2 is 2.06 bits per heavy atom. The maximum absolute atomic E-state index is 12.8. The molecule has 1 amide bonds. The molecule has 0 spiro atoms. The number of nitrogens with one attached hydrogen (secondary N) is 1. The Bertz CT molecular complexity index is 657. The Labute approximate surface area is 110 Å². The number of H-pyrrole nitrogens is 1. The van der Waals surface area contributed by atoms with E-state index in [9.17, 15) is 21.9 Å². The van der Waals surface area contributed by atoms with E-state index in [0.29, 0.717) is 0 Å². The largest absolute Gasteiger partial charge is 0.365 e. The van der Waals surface area contributed by atoms with Crippen LogP contribution in [-0.2, 0) is 15.0 Å². The summed E-state index contributed by atoms with van der Waals surface area (Å²) >= 11 is 2.99. The summed E-state index contributed by atoms with van der Waals surface area (Å²) in [5, 5.41) is -1.41. The van der Waals surface area contributed by atoms with E-state index in [1.807, 2.05) is 0 Å². The lowest BCUT2D eigenvalue weighted by atomic mass is 10.3. The van der Waals surface area contributed by atoms with E-state index in [-0.39, 0.29) is 16.7 Å². The topological polar surface area (TPSA) is 87.3 Å². The summed E-state index contributed by atoms with van der Waals surface area (Å²) in [5.74, 6) is -0.593. The number of hydrogen-bond acceptors (Lipinski definition) is 4. The molecule has 0 bridgehead atoms. The Morgan fingerprint density at radius 1 is 1.39 bits per heavy atom. The van der Waals surface area contributed by atoms with Crippen molar-refractivity contribution in [1.29, 1.82) is 0 Å². The number of anilines is 1. The monoisotopic (exact) mass is 338 g/mol. The smallest absolute Gasteiger partial charge is 0.307 e. The minimum Gasteiger partial charge on any atom is -0.365 e. The minimum absolute atomic E-state index is 0.000486. The van der Waals surface area contributed by atoms with Gasteiger partial charge in [0, 0.05) is 25.4 Å². The van der Waals surface area contributed by atoms with Crippen molar-refractivity contribution in [3.8, 4) is 0 Å². The molecule has 1 aliphatic heterocycles. The molecular formula is C9H8BrFN2O4S. The number of nitrogens with zero attached hydrogens (tertiary/aromatic N) is 1. The van der Waals surface area contributed by atoms with Crippen LogP contribution in [0.4, 0.5) is 9.57 Å². The molecule has 1 aromatic heterocycles. The summed E-state index contributed by atoms with van der Waals surface area (Å²) in [4.78, 5) is 27.0. The molecule has 0 radical (unpaired) electrons. The predicted molar refractivity (Wildman–Crippen MR) is 65.5 cm³/mol. The highest BCUT2D eigenvalue weighted by atomic mass is 79.9. The molecule has 0 saturated carbocycles. The molecule has 1 unspecified atom stereocenters. The highest BCUT2D eigenvalue weighted by Crippen LogP contribution is 2.23. The van der Waals surface area contributed by atoms with Crippen molar-refractivity contribution < 1.29 is 17.1 Å². The van der Waals surface area contributed by atoms with Crippen molar-refractivity contribution in [3.05, 3.63) is 27.1 Å². The molecule has 98 valence electrons. The molecule has 1 aromatic rings. The van der Waals surface area contributed by atoms with Crippen LogP contribution in [0.15, 0.2) is 21.7 Å². The lowest BCUT2D eigenvalue weighted by Gasteiger charge is -2.14. The molecule has 1 fully saturated rings. The molecular weight excluding hydrogens is 331 g/mol. The lowest BCUT2D eigenvalue weighted by molar-refractivity contribution is -0.117. The fourth-order valence-corrected chi connectivity index (χ4v) is 2.75. The fraction of sp³-hybridized carbons (Fsp3) is 0.333. The van der Waals surface area contributed by atoms with E-state index in [1.165, 1.54) is 12.4 Å². The van der Waals surface area contributed by atoms with Gasteiger partial charge in [0.05, 0.1) is 4.47 Å².